The van der Waals surface area contributed by atoms with Gasteiger partial charge >= 0.3 is 0 Å². The zero-order valence-corrected chi connectivity index (χ0v) is 10.3. The van der Waals surface area contributed by atoms with E-state index in [0.29, 0.717) is 12.0 Å². The molecule has 2 aromatic rings. The molecule has 1 heterocycles. The van der Waals surface area contributed by atoms with Gasteiger partial charge in [0.05, 0.1) is 0 Å². The van der Waals surface area contributed by atoms with E-state index in [2.05, 4.69) is 31.2 Å². The van der Waals surface area contributed by atoms with Crippen LogP contribution in [0.4, 0.5) is 0 Å². The van der Waals surface area contributed by atoms with Crippen molar-refractivity contribution in [2.24, 2.45) is 5.73 Å². The summed E-state index contributed by atoms with van der Waals surface area (Å²) in [5.74, 6) is 1.65. The fourth-order valence-corrected chi connectivity index (χ4v) is 2.92. The summed E-state index contributed by atoms with van der Waals surface area (Å²) < 4.78 is 6.03. The first kappa shape index (κ1) is 10.8. The van der Waals surface area contributed by atoms with E-state index in [1.165, 1.54) is 23.8 Å². The SMILES string of the molecule is Cc1cccc2cc(C3CCCC(N)C3)oc12. The molecule has 0 saturated heterocycles. The fourth-order valence-electron chi connectivity index (χ4n) is 2.92. The molecule has 1 aromatic heterocycles. The van der Waals surface area contributed by atoms with Gasteiger partial charge in [0, 0.05) is 17.3 Å². The highest BCUT2D eigenvalue weighted by Crippen LogP contribution is 2.35. The van der Waals surface area contributed by atoms with Crippen molar-refractivity contribution >= 4 is 11.0 Å². The number of furan rings is 1. The summed E-state index contributed by atoms with van der Waals surface area (Å²) in [6.45, 7) is 2.10. The number of hydrogen-bond acceptors (Lipinski definition) is 2. The molecule has 1 aliphatic rings. The largest absolute Gasteiger partial charge is 0.461 e. The molecule has 2 nitrogen and oxygen atoms in total. The maximum atomic E-state index is 6.04. The monoisotopic (exact) mass is 229 g/mol. The minimum Gasteiger partial charge on any atom is -0.461 e. The molecule has 1 aromatic carbocycles. The Kier molecular flexibility index (Phi) is 2.67. The number of hydrogen-bond donors (Lipinski definition) is 1. The van der Waals surface area contributed by atoms with Crippen LogP contribution >= 0.6 is 0 Å². The molecule has 1 aliphatic carbocycles. The van der Waals surface area contributed by atoms with E-state index in [0.717, 1.165) is 24.2 Å². The molecule has 2 unspecified atom stereocenters. The molecule has 1 saturated carbocycles. The van der Waals surface area contributed by atoms with Gasteiger partial charge in [0.2, 0.25) is 0 Å². The van der Waals surface area contributed by atoms with E-state index in [4.69, 9.17) is 10.2 Å². The third-order valence-corrected chi connectivity index (χ3v) is 3.88. The number of nitrogens with two attached hydrogens (primary N) is 1. The van der Waals surface area contributed by atoms with E-state index in [1.54, 1.807) is 0 Å². The van der Waals surface area contributed by atoms with Crippen LogP contribution in [0.15, 0.2) is 28.7 Å². The summed E-state index contributed by atoms with van der Waals surface area (Å²) in [6, 6.07) is 8.86. The van der Waals surface area contributed by atoms with Crippen LogP contribution < -0.4 is 5.73 Å². The summed E-state index contributed by atoms with van der Waals surface area (Å²) in [5, 5.41) is 1.22. The molecular weight excluding hydrogens is 210 g/mol. The Morgan fingerprint density at radius 3 is 2.94 bits per heavy atom. The van der Waals surface area contributed by atoms with Crippen LogP contribution in [0.3, 0.4) is 0 Å². The lowest BCUT2D eigenvalue weighted by Gasteiger charge is -2.24. The fraction of sp³-hybridized carbons (Fsp3) is 0.467. The van der Waals surface area contributed by atoms with Crippen LogP contribution in [0.1, 0.15) is 42.9 Å². The lowest BCUT2D eigenvalue weighted by atomic mass is 9.84. The van der Waals surface area contributed by atoms with Gasteiger partial charge in [-0.25, -0.2) is 0 Å². The standard InChI is InChI=1S/C15H19NO/c1-10-4-2-6-12-9-14(17-15(10)12)11-5-3-7-13(16)8-11/h2,4,6,9,11,13H,3,5,7-8,16H2,1H3. The van der Waals surface area contributed by atoms with Crippen molar-refractivity contribution in [3.63, 3.8) is 0 Å². The third kappa shape index (κ3) is 1.98. The lowest BCUT2D eigenvalue weighted by molar-refractivity contribution is 0.352. The number of aryl methyl sites for hydroxylation is 1. The van der Waals surface area contributed by atoms with E-state index in [9.17, 15) is 0 Å². The van der Waals surface area contributed by atoms with Crippen molar-refractivity contribution in [1.29, 1.82) is 0 Å². The van der Waals surface area contributed by atoms with E-state index in [-0.39, 0.29) is 0 Å². The molecule has 2 heteroatoms. The van der Waals surface area contributed by atoms with E-state index in [1.807, 2.05) is 0 Å². The van der Waals surface area contributed by atoms with Gasteiger partial charge in [0.25, 0.3) is 0 Å². The molecule has 0 amide bonds. The smallest absolute Gasteiger partial charge is 0.137 e. The van der Waals surface area contributed by atoms with Crippen molar-refractivity contribution in [3.05, 3.63) is 35.6 Å². The highest BCUT2D eigenvalue weighted by atomic mass is 16.3. The average Bonchev–Trinajstić information content (AvgIpc) is 2.74. The Morgan fingerprint density at radius 1 is 1.29 bits per heavy atom. The Morgan fingerprint density at radius 2 is 2.18 bits per heavy atom. The van der Waals surface area contributed by atoms with Crippen molar-refractivity contribution in [1.82, 2.24) is 0 Å². The van der Waals surface area contributed by atoms with Gasteiger partial charge in [-0.05, 0) is 37.8 Å². The van der Waals surface area contributed by atoms with Crippen LogP contribution in [0.25, 0.3) is 11.0 Å². The molecule has 2 N–H and O–H groups in total. The molecule has 90 valence electrons. The number of fused-ring (bicyclic) bond motifs is 1. The predicted molar refractivity (Wildman–Crippen MR) is 70.1 cm³/mol. The number of para-hydroxylation sites is 1. The molecule has 0 spiro atoms. The van der Waals surface area contributed by atoms with Crippen LogP contribution in [0, 0.1) is 6.92 Å². The highest BCUT2D eigenvalue weighted by Gasteiger charge is 2.23. The van der Waals surface area contributed by atoms with Gasteiger partial charge in [-0.1, -0.05) is 24.6 Å². The minimum absolute atomic E-state index is 0.350. The normalized spacial score (nSPS) is 25.3. The van der Waals surface area contributed by atoms with Crippen LogP contribution in [-0.2, 0) is 0 Å². The first-order valence-corrected chi connectivity index (χ1v) is 6.48. The number of rotatable bonds is 1. The first-order chi connectivity index (χ1) is 8.24. The highest BCUT2D eigenvalue weighted by molar-refractivity contribution is 5.81. The minimum atomic E-state index is 0.350. The molecule has 0 bridgehead atoms. The summed E-state index contributed by atoms with van der Waals surface area (Å²) >= 11 is 0. The Balaban J connectivity index is 1.97. The summed E-state index contributed by atoms with van der Waals surface area (Å²) in [7, 11) is 0. The second-order valence-electron chi connectivity index (χ2n) is 5.27. The average molecular weight is 229 g/mol. The molecule has 0 aliphatic heterocycles. The van der Waals surface area contributed by atoms with Gasteiger partial charge in [0.1, 0.15) is 11.3 Å². The zero-order valence-electron chi connectivity index (χ0n) is 10.3. The van der Waals surface area contributed by atoms with E-state index >= 15 is 0 Å². The molecule has 1 fully saturated rings. The second kappa shape index (κ2) is 4.19. The molecule has 3 rings (SSSR count). The van der Waals surface area contributed by atoms with Crippen molar-refractivity contribution in [2.45, 2.75) is 44.6 Å². The van der Waals surface area contributed by atoms with Gasteiger partial charge in [-0.15, -0.1) is 0 Å². The predicted octanol–water partition coefficient (Wildman–Crippen LogP) is 3.73. The van der Waals surface area contributed by atoms with Crippen molar-refractivity contribution in [3.8, 4) is 0 Å². The third-order valence-electron chi connectivity index (χ3n) is 3.88. The maximum Gasteiger partial charge on any atom is 0.137 e. The van der Waals surface area contributed by atoms with Crippen molar-refractivity contribution in [2.75, 3.05) is 0 Å². The maximum absolute atomic E-state index is 6.04. The molecule has 17 heavy (non-hydrogen) atoms. The van der Waals surface area contributed by atoms with Crippen LogP contribution in [-0.4, -0.2) is 6.04 Å². The quantitative estimate of drug-likeness (QED) is 0.809. The first-order valence-electron chi connectivity index (χ1n) is 6.48. The lowest BCUT2D eigenvalue weighted by Crippen LogP contribution is -2.26. The Bertz CT molecular complexity index is 529. The summed E-state index contributed by atoms with van der Waals surface area (Å²) in [4.78, 5) is 0. The second-order valence-corrected chi connectivity index (χ2v) is 5.27. The van der Waals surface area contributed by atoms with Gasteiger partial charge in [0.15, 0.2) is 0 Å². The molecule has 0 radical (unpaired) electrons. The number of benzene rings is 1. The molecule has 2 atom stereocenters. The molecular formula is C15H19NO. The Hall–Kier alpha value is -1.28. The van der Waals surface area contributed by atoms with E-state index < -0.39 is 0 Å². The van der Waals surface area contributed by atoms with Crippen LogP contribution in [0.2, 0.25) is 0 Å². The Labute approximate surface area is 102 Å². The van der Waals surface area contributed by atoms with Crippen LogP contribution in [0.5, 0.6) is 0 Å². The van der Waals surface area contributed by atoms with Gasteiger partial charge in [-0.2, -0.15) is 0 Å². The van der Waals surface area contributed by atoms with Crippen molar-refractivity contribution < 1.29 is 4.42 Å². The van der Waals surface area contributed by atoms with Gasteiger partial charge in [-0.3, -0.25) is 0 Å². The van der Waals surface area contributed by atoms with Gasteiger partial charge < -0.3 is 10.2 Å². The zero-order chi connectivity index (χ0) is 11.8. The summed E-state index contributed by atoms with van der Waals surface area (Å²) in [6.07, 6.45) is 4.67. The summed E-state index contributed by atoms with van der Waals surface area (Å²) in [5.41, 5.74) is 8.30. The topological polar surface area (TPSA) is 39.2 Å².